The van der Waals surface area contributed by atoms with Gasteiger partial charge >= 0.3 is 0 Å². The molecule has 0 saturated carbocycles. The zero-order valence-corrected chi connectivity index (χ0v) is 14.9. The van der Waals surface area contributed by atoms with E-state index in [4.69, 9.17) is 4.74 Å². The van der Waals surface area contributed by atoms with Crippen molar-refractivity contribution in [2.45, 2.75) is 65.8 Å². The van der Waals surface area contributed by atoms with Crippen molar-refractivity contribution in [3.63, 3.8) is 0 Å². The first-order chi connectivity index (χ1) is 9.70. The van der Waals surface area contributed by atoms with E-state index in [-0.39, 0.29) is 5.54 Å². The summed E-state index contributed by atoms with van der Waals surface area (Å²) in [5.41, 5.74) is 1.04. The van der Waals surface area contributed by atoms with Crippen LogP contribution >= 0.6 is 0 Å². The van der Waals surface area contributed by atoms with Crippen molar-refractivity contribution >= 4 is 0 Å². The van der Waals surface area contributed by atoms with Crippen LogP contribution in [-0.2, 0) is 4.74 Å². The largest absolute Gasteiger partial charge is 0.381 e. The highest BCUT2D eigenvalue weighted by Crippen LogP contribution is 2.34. The zero-order valence-electron chi connectivity index (χ0n) is 14.9. The molecule has 1 N–H and O–H groups in total. The predicted molar refractivity (Wildman–Crippen MR) is 89.7 cm³/mol. The van der Waals surface area contributed by atoms with E-state index in [1.807, 2.05) is 0 Å². The average Bonchev–Trinajstić information content (AvgIpc) is 2.40. The van der Waals surface area contributed by atoms with Gasteiger partial charge in [-0.2, -0.15) is 0 Å². The van der Waals surface area contributed by atoms with Crippen molar-refractivity contribution < 1.29 is 4.74 Å². The Morgan fingerprint density at radius 2 is 1.76 bits per heavy atom. The standard InChI is InChI=1S/C18H36N2O/c1-16(2,3)19-13-18(7-6-12-21-15-18)14-20-10-8-17(4,5)9-11-20/h19H,6-15H2,1-5H3. The van der Waals surface area contributed by atoms with Gasteiger partial charge in [-0.15, -0.1) is 0 Å². The fourth-order valence-electron chi connectivity index (χ4n) is 3.47. The molecular formula is C18H36N2O. The highest BCUT2D eigenvalue weighted by atomic mass is 16.5. The van der Waals surface area contributed by atoms with Crippen LogP contribution in [0.4, 0.5) is 0 Å². The van der Waals surface area contributed by atoms with Gasteiger partial charge < -0.3 is 15.0 Å². The van der Waals surface area contributed by atoms with E-state index in [9.17, 15) is 0 Å². The summed E-state index contributed by atoms with van der Waals surface area (Å²) in [5.74, 6) is 0. The molecule has 0 aromatic carbocycles. The van der Waals surface area contributed by atoms with Gasteiger partial charge in [0.1, 0.15) is 0 Å². The highest BCUT2D eigenvalue weighted by molar-refractivity contribution is 4.91. The van der Waals surface area contributed by atoms with E-state index in [0.29, 0.717) is 10.8 Å². The molecule has 1 atom stereocenters. The SMILES string of the molecule is CC1(C)CCN(CC2(CNC(C)(C)C)CCCOC2)CC1. The summed E-state index contributed by atoms with van der Waals surface area (Å²) >= 11 is 0. The lowest BCUT2D eigenvalue weighted by atomic mass is 9.78. The third kappa shape index (κ3) is 5.54. The Morgan fingerprint density at radius 1 is 1.10 bits per heavy atom. The summed E-state index contributed by atoms with van der Waals surface area (Å²) in [4.78, 5) is 2.68. The fraction of sp³-hybridized carbons (Fsp3) is 1.00. The van der Waals surface area contributed by atoms with Crippen molar-refractivity contribution in [2.24, 2.45) is 10.8 Å². The topological polar surface area (TPSA) is 24.5 Å². The Bertz CT molecular complexity index is 317. The van der Waals surface area contributed by atoms with Crippen LogP contribution in [0.25, 0.3) is 0 Å². The quantitative estimate of drug-likeness (QED) is 0.861. The number of rotatable bonds is 4. The monoisotopic (exact) mass is 296 g/mol. The zero-order chi connectivity index (χ0) is 15.6. The maximum Gasteiger partial charge on any atom is 0.0546 e. The van der Waals surface area contributed by atoms with Gasteiger partial charge in [-0.25, -0.2) is 0 Å². The molecule has 0 bridgehead atoms. The van der Waals surface area contributed by atoms with Crippen molar-refractivity contribution in [1.29, 1.82) is 0 Å². The molecule has 0 aliphatic carbocycles. The van der Waals surface area contributed by atoms with Crippen LogP contribution in [0.2, 0.25) is 0 Å². The highest BCUT2D eigenvalue weighted by Gasteiger charge is 2.37. The molecule has 3 heteroatoms. The second-order valence-electron chi connectivity index (χ2n) is 9.20. The van der Waals surface area contributed by atoms with Crippen LogP contribution in [0.1, 0.15) is 60.3 Å². The van der Waals surface area contributed by atoms with E-state index in [1.54, 1.807) is 0 Å². The molecule has 2 fully saturated rings. The second kappa shape index (κ2) is 6.55. The molecule has 124 valence electrons. The molecule has 3 nitrogen and oxygen atoms in total. The molecule has 0 amide bonds. The van der Waals surface area contributed by atoms with Gasteiger partial charge in [-0.3, -0.25) is 0 Å². The fourth-order valence-corrected chi connectivity index (χ4v) is 3.47. The minimum absolute atomic E-state index is 0.189. The molecule has 21 heavy (non-hydrogen) atoms. The number of ether oxygens (including phenoxy) is 1. The number of nitrogens with zero attached hydrogens (tertiary/aromatic N) is 1. The van der Waals surface area contributed by atoms with Crippen LogP contribution in [-0.4, -0.2) is 49.8 Å². The van der Waals surface area contributed by atoms with Gasteiger partial charge in [0.15, 0.2) is 0 Å². The van der Waals surface area contributed by atoms with Gasteiger partial charge in [0.05, 0.1) is 6.61 Å². The van der Waals surface area contributed by atoms with Crippen molar-refractivity contribution in [3.8, 4) is 0 Å². The molecule has 2 aliphatic heterocycles. The average molecular weight is 296 g/mol. The van der Waals surface area contributed by atoms with Crippen molar-refractivity contribution in [3.05, 3.63) is 0 Å². The molecular weight excluding hydrogens is 260 g/mol. The third-order valence-electron chi connectivity index (χ3n) is 5.17. The molecule has 0 spiro atoms. The number of nitrogens with one attached hydrogen (secondary N) is 1. The van der Waals surface area contributed by atoms with Crippen LogP contribution in [0, 0.1) is 10.8 Å². The van der Waals surface area contributed by atoms with E-state index in [2.05, 4.69) is 44.8 Å². The molecule has 0 aromatic heterocycles. The third-order valence-corrected chi connectivity index (χ3v) is 5.17. The summed E-state index contributed by atoms with van der Waals surface area (Å²) < 4.78 is 5.87. The lowest BCUT2D eigenvalue weighted by molar-refractivity contribution is -0.0361. The first-order valence-corrected chi connectivity index (χ1v) is 8.75. The van der Waals surface area contributed by atoms with Crippen LogP contribution in [0.15, 0.2) is 0 Å². The van der Waals surface area contributed by atoms with Gasteiger partial charge in [0.2, 0.25) is 0 Å². The number of likely N-dealkylation sites (tertiary alicyclic amines) is 1. The molecule has 1 unspecified atom stereocenters. The first kappa shape index (κ1) is 17.2. The second-order valence-corrected chi connectivity index (χ2v) is 9.20. The van der Waals surface area contributed by atoms with E-state index in [0.717, 1.165) is 19.8 Å². The lowest BCUT2D eigenvalue weighted by Gasteiger charge is -2.45. The summed E-state index contributed by atoms with van der Waals surface area (Å²) in [6, 6.07) is 0. The van der Waals surface area contributed by atoms with Gasteiger partial charge in [0.25, 0.3) is 0 Å². The molecule has 2 heterocycles. The minimum Gasteiger partial charge on any atom is -0.381 e. The molecule has 2 rings (SSSR count). The Morgan fingerprint density at radius 3 is 2.29 bits per heavy atom. The Labute approximate surface area is 131 Å². The molecule has 2 aliphatic rings. The van der Waals surface area contributed by atoms with Crippen molar-refractivity contribution in [1.82, 2.24) is 10.2 Å². The first-order valence-electron chi connectivity index (χ1n) is 8.75. The Kier molecular flexibility index (Phi) is 5.38. The molecule has 0 radical (unpaired) electrons. The summed E-state index contributed by atoms with van der Waals surface area (Å²) in [7, 11) is 0. The maximum absolute atomic E-state index is 5.87. The van der Waals surface area contributed by atoms with Crippen LogP contribution in [0.5, 0.6) is 0 Å². The van der Waals surface area contributed by atoms with E-state index >= 15 is 0 Å². The van der Waals surface area contributed by atoms with Crippen LogP contribution in [0.3, 0.4) is 0 Å². The van der Waals surface area contributed by atoms with Gasteiger partial charge in [0, 0.05) is 30.7 Å². The summed E-state index contributed by atoms with van der Waals surface area (Å²) in [6.07, 6.45) is 5.18. The molecule has 0 aromatic rings. The number of hydrogen-bond donors (Lipinski definition) is 1. The smallest absolute Gasteiger partial charge is 0.0546 e. The normalized spacial score (nSPS) is 31.3. The van der Waals surface area contributed by atoms with Gasteiger partial charge in [-0.1, -0.05) is 13.8 Å². The number of piperidine rings is 1. The number of hydrogen-bond acceptors (Lipinski definition) is 3. The molecule has 2 saturated heterocycles. The van der Waals surface area contributed by atoms with E-state index < -0.39 is 0 Å². The Hall–Kier alpha value is -0.120. The van der Waals surface area contributed by atoms with E-state index in [1.165, 1.54) is 45.3 Å². The maximum atomic E-state index is 5.87. The minimum atomic E-state index is 0.189. The predicted octanol–water partition coefficient (Wildman–Crippen LogP) is 3.29. The Balaban J connectivity index is 1.93. The van der Waals surface area contributed by atoms with Crippen LogP contribution < -0.4 is 5.32 Å². The summed E-state index contributed by atoms with van der Waals surface area (Å²) in [5, 5.41) is 3.73. The lowest BCUT2D eigenvalue weighted by Crippen LogP contribution is -2.53. The van der Waals surface area contributed by atoms with Crippen molar-refractivity contribution in [2.75, 3.05) is 39.4 Å². The van der Waals surface area contributed by atoms with Gasteiger partial charge in [-0.05, 0) is 65.0 Å². The summed E-state index contributed by atoms with van der Waals surface area (Å²) in [6.45, 7) is 18.3.